The molecule has 2 aromatic heterocycles. The van der Waals surface area contributed by atoms with Crippen LogP contribution in [0.3, 0.4) is 0 Å². The smallest absolute Gasteiger partial charge is 0.326 e. The lowest BCUT2D eigenvalue weighted by molar-refractivity contribution is 0.0931. The maximum absolute atomic E-state index is 12.0. The zero-order valence-electron chi connectivity index (χ0n) is 15.1. The van der Waals surface area contributed by atoms with Crippen LogP contribution in [0.4, 0.5) is 21.0 Å². The molecule has 0 aliphatic rings. The van der Waals surface area contributed by atoms with Crippen molar-refractivity contribution in [2.24, 2.45) is 0 Å². The van der Waals surface area contributed by atoms with Crippen LogP contribution < -0.4 is 21.3 Å². The van der Waals surface area contributed by atoms with Gasteiger partial charge in [0.05, 0.1) is 12.5 Å². The lowest BCUT2D eigenvalue weighted by Crippen LogP contribution is -2.35. The number of benzene rings is 1. The molecule has 0 fully saturated rings. The number of furan rings is 2. The monoisotopic (exact) mass is 396 g/mol. The summed E-state index contributed by atoms with van der Waals surface area (Å²) in [5.41, 5.74) is 1.35. The van der Waals surface area contributed by atoms with Gasteiger partial charge in [0.15, 0.2) is 11.5 Å². The molecular weight excluding hydrogens is 380 g/mol. The number of urea groups is 2. The second-order valence-corrected chi connectivity index (χ2v) is 5.80. The molecule has 10 heteroatoms. The van der Waals surface area contributed by atoms with E-state index in [1.54, 1.807) is 19.1 Å². The van der Waals surface area contributed by atoms with Crippen molar-refractivity contribution in [3.63, 3.8) is 0 Å². The first-order valence-corrected chi connectivity index (χ1v) is 8.34. The van der Waals surface area contributed by atoms with Crippen molar-refractivity contribution in [2.45, 2.75) is 6.92 Å². The second kappa shape index (κ2) is 8.57. The highest BCUT2D eigenvalue weighted by atomic mass is 16.3. The molecule has 0 spiro atoms. The third-order valence-electron chi connectivity index (χ3n) is 3.69. The number of imide groups is 2. The molecule has 4 N–H and O–H groups in total. The van der Waals surface area contributed by atoms with Crippen molar-refractivity contribution in [1.29, 1.82) is 0 Å². The molecule has 0 saturated carbocycles. The number of hydrogen-bond acceptors (Lipinski definition) is 6. The Balaban J connectivity index is 1.60. The van der Waals surface area contributed by atoms with Crippen molar-refractivity contribution < 1.29 is 28.0 Å². The number of aryl methyl sites for hydroxylation is 1. The Kier molecular flexibility index (Phi) is 5.74. The Hall–Kier alpha value is -4.34. The number of amides is 6. The van der Waals surface area contributed by atoms with Crippen LogP contribution in [0, 0.1) is 6.92 Å². The van der Waals surface area contributed by atoms with Gasteiger partial charge in [0.1, 0.15) is 0 Å². The summed E-state index contributed by atoms with van der Waals surface area (Å²) in [5, 5.41) is 9.22. The molecule has 0 bridgehead atoms. The minimum Gasteiger partial charge on any atom is -0.459 e. The molecule has 29 heavy (non-hydrogen) atoms. The molecule has 10 nitrogen and oxygen atoms in total. The lowest BCUT2D eigenvalue weighted by atomic mass is 10.2. The summed E-state index contributed by atoms with van der Waals surface area (Å²) in [5.74, 6) is -1.42. The molecule has 6 amide bonds. The summed E-state index contributed by atoms with van der Waals surface area (Å²) in [7, 11) is 0. The van der Waals surface area contributed by atoms with E-state index >= 15 is 0 Å². The van der Waals surface area contributed by atoms with Crippen LogP contribution in [0.1, 0.15) is 26.7 Å². The average molecular weight is 396 g/mol. The summed E-state index contributed by atoms with van der Waals surface area (Å²) in [6, 6.07) is 9.03. The largest absolute Gasteiger partial charge is 0.459 e. The Labute approximate surface area is 164 Å². The van der Waals surface area contributed by atoms with Gasteiger partial charge >= 0.3 is 12.1 Å². The summed E-state index contributed by atoms with van der Waals surface area (Å²) in [6.07, 6.45) is 2.63. The Morgan fingerprint density at radius 3 is 1.83 bits per heavy atom. The van der Waals surface area contributed by atoms with E-state index in [1.165, 1.54) is 42.9 Å². The second-order valence-electron chi connectivity index (χ2n) is 5.80. The molecule has 0 radical (unpaired) electrons. The van der Waals surface area contributed by atoms with Crippen LogP contribution >= 0.6 is 0 Å². The highest BCUT2D eigenvalue weighted by Gasteiger charge is 2.15. The topological polar surface area (TPSA) is 143 Å². The van der Waals surface area contributed by atoms with E-state index in [2.05, 4.69) is 21.3 Å². The fourth-order valence-electron chi connectivity index (χ4n) is 2.30. The highest BCUT2D eigenvalue weighted by molar-refractivity contribution is 6.08. The van der Waals surface area contributed by atoms with E-state index in [-0.39, 0.29) is 11.5 Å². The maximum atomic E-state index is 12.0. The molecule has 0 unspecified atom stereocenters. The SMILES string of the molecule is Cc1ccc(NC(=O)NC(=O)c2ccco2)cc1NC(=O)NC(=O)c1ccco1. The molecular formula is C19H16N4O6. The fourth-order valence-corrected chi connectivity index (χ4v) is 2.30. The third-order valence-corrected chi connectivity index (χ3v) is 3.69. The van der Waals surface area contributed by atoms with Crippen LogP contribution in [0.5, 0.6) is 0 Å². The van der Waals surface area contributed by atoms with Gasteiger partial charge < -0.3 is 19.5 Å². The molecule has 0 aliphatic carbocycles. The number of anilines is 2. The third kappa shape index (κ3) is 5.10. The van der Waals surface area contributed by atoms with Crippen LogP contribution in [-0.2, 0) is 0 Å². The average Bonchev–Trinajstić information content (AvgIpc) is 3.38. The Morgan fingerprint density at radius 2 is 1.31 bits per heavy atom. The van der Waals surface area contributed by atoms with Crippen LogP contribution in [-0.4, -0.2) is 23.9 Å². The van der Waals surface area contributed by atoms with Crippen molar-refractivity contribution in [3.8, 4) is 0 Å². The first kappa shape index (κ1) is 19.4. The van der Waals surface area contributed by atoms with Crippen LogP contribution in [0.25, 0.3) is 0 Å². The molecule has 3 rings (SSSR count). The highest BCUT2D eigenvalue weighted by Crippen LogP contribution is 2.20. The quantitative estimate of drug-likeness (QED) is 0.534. The predicted octanol–water partition coefficient (Wildman–Crippen LogP) is 3.10. The summed E-state index contributed by atoms with van der Waals surface area (Å²) >= 11 is 0. The standard InChI is InChI=1S/C19H16N4O6/c1-11-6-7-12(20-18(26)22-16(24)14-4-2-8-28-14)10-13(11)21-19(27)23-17(25)15-5-3-9-29-15/h2-10H,1H3,(H2,20,22,24,26)(H2,21,23,25,27). The summed E-state index contributed by atoms with van der Waals surface area (Å²) in [6.45, 7) is 1.73. The fraction of sp³-hybridized carbons (Fsp3) is 0.0526. The van der Waals surface area contributed by atoms with E-state index in [1.807, 2.05) is 0 Å². The van der Waals surface area contributed by atoms with Crippen LogP contribution in [0.15, 0.2) is 63.8 Å². The van der Waals surface area contributed by atoms with Crippen molar-refractivity contribution in [3.05, 3.63) is 72.1 Å². The van der Waals surface area contributed by atoms with E-state index < -0.39 is 23.9 Å². The van der Waals surface area contributed by atoms with Gasteiger partial charge in [-0.3, -0.25) is 20.2 Å². The van der Waals surface area contributed by atoms with Gasteiger partial charge in [0.25, 0.3) is 11.8 Å². The number of carbonyl (C=O) groups excluding carboxylic acids is 4. The van der Waals surface area contributed by atoms with Gasteiger partial charge in [-0.2, -0.15) is 0 Å². The number of rotatable bonds is 4. The molecule has 0 aliphatic heterocycles. The Bertz CT molecular complexity index is 1040. The first-order chi connectivity index (χ1) is 13.9. The van der Waals surface area contributed by atoms with E-state index in [9.17, 15) is 19.2 Å². The number of hydrogen-bond donors (Lipinski definition) is 4. The van der Waals surface area contributed by atoms with Gasteiger partial charge in [-0.15, -0.1) is 0 Å². The summed E-state index contributed by atoms with van der Waals surface area (Å²) in [4.78, 5) is 47.7. The minimum absolute atomic E-state index is 0.00909. The van der Waals surface area contributed by atoms with Crippen molar-refractivity contribution in [1.82, 2.24) is 10.6 Å². The van der Waals surface area contributed by atoms with Crippen molar-refractivity contribution in [2.75, 3.05) is 10.6 Å². The predicted molar refractivity (Wildman–Crippen MR) is 102 cm³/mol. The van der Waals surface area contributed by atoms with Gasteiger partial charge in [-0.25, -0.2) is 9.59 Å². The zero-order chi connectivity index (χ0) is 20.8. The number of nitrogens with one attached hydrogen (secondary N) is 4. The maximum Gasteiger partial charge on any atom is 0.326 e. The lowest BCUT2D eigenvalue weighted by Gasteiger charge is -2.12. The molecule has 148 valence electrons. The van der Waals surface area contributed by atoms with E-state index in [4.69, 9.17) is 8.83 Å². The molecule has 2 heterocycles. The molecule has 0 atom stereocenters. The van der Waals surface area contributed by atoms with Crippen molar-refractivity contribution >= 4 is 35.3 Å². The van der Waals surface area contributed by atoms with E-state index in [0.29, 0.717) is 16.9 Å². The van der Waals surface area contributed by atoms with Gasteiger partial charge in [0.2, 0.25) is 0 Å². The van der Waals surface area contributed by atoms with Gasteiger partial charge in [-0.05, 0) is 48.9 Å². The van der Waals surface area contributed by atoms with Gasteiger partial charge in [0, 0.05) is 11.4 Å². The zero-order valence-corrected chi connectivity index (χ0v) is 15.1. The molecule has 3 aromatic rings. The minimum atomic E-state index is -0.779. The van der Waals surface area contributed by atoms with Crippen LogP contribution in [0.2, 0.25) is 0 Å². The van der Waals surface area contributed by atoms with Gasteiger partial charge in [-0.1, -0.05) is 6.07 Å². The molecule has 0 saturated heterocycles. The summed E-state index contributed by atoms with van der Waals surface area (Å²) < 4.78 is 9.81. The molecule has 1 aromatic carbocycles. The Morgan fingerprint density at radius 1 is 0.759 bits per heavy atom. The first-order valence-electron chi connectivity index (χ1n) is 8.34. The van der Waals surface area contributed by atoms with E-state index in [0.717, 1.165) is 0 Å². The normalized spacial score (nSPS) is 10.1. The number of carbonyl (C=O) groups is 4.